The number of hydrogen-bond donors (Lipinski definition) is 1. The Bertz CT molecular complexity index is 796. The summed E-state index contributed by atoms with van der Waals surface area (Å²) >= 11 is 0. The van der Waals surface area contributed by atoms with Crippen molar-refractivity contribution < 1.29 is 13.9 Å². The molecule has 0 saturated heterocycles. The van der Waals surface area contributed by atoms with Crippen molar-refractivity contribution in [2.24, 2.45) is 11.0 Å². The maximum Gasteiger partial charge on any atom is 0.243 e. The second-order valence-corrected chi connectivity index (χ2v) is 6.30. The molecule has 1 fully saturated rings. The number of carbonyl (C=O) groups excluding carboxylic acids is 1. The standard InChI is InChI=1S/C20H21N3O3/c21-12-15-6-8-17(9-7-15)25-14-19-11-10-18(26-19)13-22-23-20(24)16-4-2-1-3-5-16/h6-11,13,16H,1-5,14H2,(H,23,24)/b22-13-. The van der Waals surface area contributed by atoms with Crippen LogP contribution in [0.15, 0.2) is 45.9 Å². The summed E-state index contributed by atoms with van der Waals surface area (Å²) in [7, 11) is 0. The second-order valence-electron chi connectivity index (χ2n) is 6.30. The van der Waals surface area contributed by atoms with Crippen molar-refractivity contribution in [1.29, 1.82) is 5.26 Å². The molecule has 134 valence electrons. The molecule has 6 heteroatoms. The minimum atomic E-state index is -0.0168. The highest BCUT2D eigenvalue weighted by Gasteiger charge is 2.20. The van der Waals surface area contributed by atoms with Gasteiger partial charge >= 0.3 is 0 Å². The lowest BCUT2D eigenvalue weighted by atomic mass is 9.89. The normalized spacial score (nSPS) is 14.9. The molecule has 1 saturated carbocycles. The van der Waals surface area contributed by atoms with Gasteiger partial charge in [0.05, 0.1) is 17.8 Å². The molecule has 1 heterocycles. The first-order valence-corrected chi connectivity index (χ1v) is 8.79. The van der Waals surface area contributed by atoms with Crippen LogP contribution in [0, 0.1) is 17.2 Å². The Morgan fingerprint density at radius 3 is 2.73 bits per heavy atom. The van der Waals surface area contributed by atoms with Crippen molar-refractivity contribution in [1.82, 2.24) is 5.43 Å². The second kappa shape index (κ2) is 8.86. The third-order valence-electron chi connectivity index (χ3n) is 4.39. The lowest BCUT2D eigenvalue weighted by molar-refractivity contribution is -0.125. The van der Waals surface area contributed by atoms with Gasteiger partial charge in [-0.25, -0.2) is 5.43 Å². The van der Waals surface area contributed by atoms with Gasteiger partial charge in [0.1, 0.15) is 23.9 Å². The summed E-state index contributed by atoms with van der Waals surface area (Å²) in [6, 6.07) is 12.5. The molecule has 26 heavy (non-hydrogen) atoms. The van der Waals surface area contributed by atoms with E-state index in [2.05, 4.69) is 16.6 Å². The van der Waals surface area contributed by atoms with Crippen molar-refractivity contribution in [2.75, 3.05) is 0 Å². The fraction of sp³-hybridized carbons (Fsp3) is 0.350. The maximum atomic E-state index is 12.0. The van der Waals surface area contributed by atoms with Crippen LogP contribution in [-0.2, 0) is 11.4 Å². The van der Waals surface area contributed by atoms with Crippen molar-refractivity contribution >= 4 is 12.1 Å². The molecule has 0 aliphatic heterocycles. The van der Waals surface area contributed by atoms with E-state index < -0.39 is 0 Å². The Kier molecular flexibility index (Phi) is 6.05. The van der Waals surface area contributed by atoms with Gasteiger partial charge in [0.25, 0.3) is 0 Å². The number of hydrogen-bond acceptors (Lipinski definition) is 5. The summed E-state index contributed by atoms with van der Waals surface area (Å²) < 4.78 is 11.2. The van der Waals surface area contributed by atoms with Gasteiger partial charge in [0, 0.05) is 5.92 Å². The van der Waals surface area contributed by atoms with E-state index in [-0.39, 0.29) is 18.4 Å². The lowest BCUT2D eigenvalue weighted by Gasteiger charge is -2.19. The number of nitriles is 1. The molecule has 0 spiro atoms. The first-order valence-electron chi connectivity index (χ1n) is 8.79. The van der Waals surface area contributed by atoms with Gasteiger partial charge in [0.2, 0.25) is 5.91 Å². The first-order chi connectivity index (χ1) is 12.7. The van der Waals surface area contributed by atoms with Crippen LogP contribution in [0.25, 0.3) is 0 Å². The number of ether oxygens (including phenoxy) is 1. The van der Waals surface area contributed by atoms with E-state index in [1.54, 1.807) is 36.4 Å². The minimum absolute atomic E-state index is 0.0168. The molecule has 0 atom stereocenters. The summed E-state index contributed by atoms with van der Waals surface area (Å²) in [6.07, 6.45) is 6.82. The van der Waals surface area contributed by atoms with Crippen LogP contribution < -0.4 is 10.2 Å². The van der Waals surface area contributed by atoms with Crippen molar-refractivity contribution in [3.63, 3.8) is 0 Å². The molecule has 0 radical (unpaired) electrons. The first kappa shape index (κ1) is 17.7. The third-order valence-corrected chi connectivity index (χ3v) is 4.39. The summed E-state index contributed by atoms with van der Waals surface area (Å²) in [4.78, 5) is 12.0. The molecule has 2 aromatic rings. The zero-order chi connectivity index (χ0) is 18.2. The van der Waals surface area contributed by atoms with E-state index >= 15 is 0 Å². The van der Waals surface area contributed by atoms with E-state index in [1.807, 2.05) is 0 Å². The van der Waals surface area contributed by atoms with E-state index in [0.29, 0.717) is 22.8 Å². The van der Waals surface area contributed by atoms with Crippen LogP contribution >= 0.6 is 0 Å². The highest BCUT2D eigenvalue weighted by atomic mass is 16.5. The van der Waals surface area contributed by atoms with E-state index in [1.165, 1.54) is 12.6 Å². The molecular formula is C20H21N3O3. The fourth-order valence-corrected chi connectivity index (χ4v) is 2.94. The van der Waals surface area contributed by atoms with Crippen LogP contribution in [0.3, 0.4) is 0 Å². The lowest BCUT2D eigenvalue weighted by Crippen LogP contribution is -2.28. The molecular weight excluding hydrogens is 330 g/mol. The van der Waals surface area contributed by atoms with Gasteiger partial charge in [-0.1, -0.05) is 19.3 Å². The Morgan fingerprint density at radius 2 is 2.00 bits per heavy atom. The van der Waals surface area contributed by atoms with Crippen LogP contribution in [-0.4, -0.2) is 12.1 Å². The van der Waals surface area contributed by atoms with Gasteiger partial charge in [-0.2, -0.15) is 10.4 Å². The maximum absolute atomic E-state index is 12.0. The summed E-state index contributed by atoms with van der Waals surface area (Å²) in [5.41, 5.74) is 3.18. The highest BCUT2D eigenvalue weighted by Crippen LogP contribution is 2.23. The number of carbonyl (C=O) groups is 1. The largest absolute Gasteiger partial charge is 0.486 e. The van der Waals surface area contributed by atoms with Crippen molar-refractivity contribution in [3.05, 3.63) is 53.5 Å². The average Bonchev–Trinajstić information content (AvgIpc) is 3.15. The van der Waals surface area contributed by atoms with Crippen molar-refractivity contribution in [2.45, 2.75) is 38.7 Å². The van der Waals surface area contributed by atoms with Crippen molar-refractivity contribution in [3.8, 4) is 11.8 Å². The van der Waals surface area contributed by atoms with Crippen LogP contribution in [0.5, 0.6) is 5.75 Å². The molecule has 1 aliphatic carbocycles. The van der Waals surface area contributed by atoms with Crippen LogP contribution in [0.2, 0.25) is 0 Å². The molecule has 1 aliphatic rings. The Hall–Kier alpha value is -3.07. The number of nitrogens with zero attached hydrogens (tertiary/aromatic N) is 2. The predicted molar refractivity (Wildman–Crippen MR) is 96.5 cm³/mol. The molecule has 1 N–H and O–H groups in total. The molecule has 0 bridgehead atoms. The van der Waals surface area contributed by atoms with Gasteiger partial charge in [-0.15, -0.1) is 0 Å². The number of hydrazone groups is 1. The van der Waals surface area contributed by atoms with Gasteiger partial charge in [-0.3, -0.25) is 4.79 Å². The third kappa shape index (κ3) is 4.96. The Balaban J connectivity index is 1.46. The molecule has 6 nitrogen and oxygen atoms in total. The molecule has 3 rings (SSSR count). The monoisotopic (exact) mass is 351 g/mol. The van der Waals surface area contributed by atoms with E-state index in [0.717, 1.165) is 25.7 Å². The number of amides is 1. The topological polar surface area (TPSA) is 87.6 Å². The Morgan fingerprint density at radius 1 is 1.23 bits per heavy atom. The number of benzene rings is 1. The van der Waals surface area contributed by atoms with Gasteiger partial charge in [-0.05, 0) is 49.2 Å². The zero-order valence-corrected chi connectivity index (χ0v) is 14.5. The fourth-order valence-electron chi connectivity index (χ4n) is 2.94. The number of furan rings is 1. The van der Waals surface area contributed by atoms with E-state index in [4.69, 9.17) is 14.4 Å². The number of nitrogens with one attached hydrogen (secondary N) is 1. The van der Waals surface area contributed by atoms with Crippen LogP contribution in [0.1, 0.15) is 49.2 Å². The predicted octanol–water partition coefficient (Wildman–Crippen LogP) is 3.76. The molecule has 1 aromatic heterocycles. The average molecular weight is 351 g/mol. The summed E-state index contributed by atoms with van der Waals surface area (Å²) in [5.74, 6) is 1.92. The quantitative estimate of drug-likeness (QED) is 0.634. The zero-order valence-electron chi connectivity index (χ0n) is 14.5. The van der Waals surface area contributed by atoms with Gasteiger partial charge in [0.15, 0.2) is 0 Å². The molecule has 1 aromatic carbocycles. The number of rotatable bonds is 6. The summed E-state index contributed by atoms with van der Waals surface area (Å²) in [6.45, 7) is 0.272. The SMILES string of the molecule is N#Cc1ccc(OCc2ccc(/C=N\NC(=O)C3CCCCC3)o2)cc1. The van der Waals surface area contributed by atoms with Gasteiger partial charge < -0.3 is 9.15 Å². The van der Waals surface area contributed by atoms with E-state index in [9.17, 15) is 4.79 Å². The molecule has 0 unspecified atom stereocenters. The molecule has 1 amide bonds. The summed E-state index contributed by atoms with van der Waals surface area (Å²) in [5, 5.41) is 12.8. The van der Waals surface area contributed by atoms with Crippen LogP contribution in [0.4, 0.5) is 0 Å². The highest BCUT2D eigenvalue weighted by molar-refractivity contribution is 5.81. The Labute approximate surface area is 152 Å². The smallest absolute Gasteiger partial charge is 0.243 e. The minimum Gasteiger partial charge on any atom is -0.486 e.